The fourth-order valence-electron chi connectivity index (χ4n) is 2.65. The summed E-state index contributed by atoms with van der Waals surface area (Å²) in [4.78, 5) is 11.7. The van der Waals surface area contributed by atoms with Crippen LogP contribution in [0.25, 0.3) is 0 Å². The van der Waals surface area contributed by atoms with Gasteiger partial charge in [0.15, 0.2) is 0 Å². The second-order valence-corrected chi connectivity index (χ2v) is 7.30. The number of sulfonamides is 1. The Hall–Kier alpha value is -1.47. The Morgan fingerprint density at radius 3 is 2.43 bits per heavy atom. The van der Waals surface area contributed by atoms with Gasteiger partial charge in [-0.25, -0.2) is 17.9 Å². The Morgan fingerprint density at radius 1 is 1.29 bits per heavy atom. The van der Waals surface area contributed by atoms with E-state index in [1.165, 1.54) is 6.07 Å². The number of amides is 1. The highest BCUT2D eigenvalue weighted by atomic mass is 32.2. The first-order valence-corrected chi connectivity index (χ1v) is 8.41. The third-order valence-electron chi connectivity index (χ3n) is 4.00. The Balaban J connectivity index is 2.17. The van der Waals surface area contributed by atoms with Gasteiger partial charge in [-0.05, 0) is 31.0 Å². The molecule has 1 aromatic carbocycles. The lowest BCUT2D eigenvalue weighted by Gasteiger charge is -2.32. The van der Waals surface area contributed by atoms with Crippen molar-refractivity contribution in [3.8, 4) is 0 Å². The highest BCUT2D eigenvalue weighted by Gasteiger charge is 2.34. The molecule has 0 atom stereocenters. The lowest BCUT2D eigenvalue weighted by Crippen LogP contribution is -2.35. The molecule has 5 nitrogen and oxygen atoms in total. The van der Waals surface area contributed by atoms with Crippen LogP contribution >= 0.6 is 0 Å². The minimum Gasteiger partial charge on any atom is -0.326 e. The van der Waals surface area contributed by atoms with E-state index in [0.29, 0.717) is 0 Å². The summed E-state index contributed by atoms with van der Waals surface area (Å²) in [5, 5.41) is 7.55. The molecule has 1 amide bonds. The molecule has 0 aliphatic heterocycles. The van der Waals surface area contributed by atoms with E-state index in [-0.39, 0.29) is 11.6 Å². The van der Waals surface area contributed by atoms with Gasteiger partial charge < -0.3 is 5.32 Å². The minimum atomic E-state index is -4.10. The van der Waals surface area contributed by atoms with Gasteiger partial charge in [-0.1, -0.05) is 26.2 Å². The lowest BCUT2D eigenvalue weighted by molar-refractivity contribution is -0.126. The van der Waals surface area contributed by atoms with Gasteiger partial charge in [-0.15, -0.1) is 0 Å². The fraction of sp³-hybridized carbons (Fsp3) is 0.500. The maximum atomic E-state index is 13.7. The van der Waals surface area contributed by atoms with Gasteiger partial charge in [0.25, 0.3) is 0 Å². The Morgan fingerprint density at radius 2 is 1.90 bits per heavy atom. The van der Waals surface area contributed by atoms with Crippen LogP contribution in [0.15, 0.2) is 23.1 Å². The predicted molar refractivity (Wildman–Crippen MR) is 77.6 cm³/mol. The zero-order chi connectivity index (χ0) is 15.7. The van der Waals surface area contributed by atoms with Crippen LogP contribution in [0.3, 0.4) is 0 Å². The summed E-state index contributed by atoms with van der Waals surface area (Å²) in [6.07, 6.45) is 4.74. The van der Waals surface area contributed by atoms with Crippen LogP contribution in [-0.2, 0) is 14.8 Å². The molecule has 116 valence electrons. The zero-order valence-corrected chi connectivity index (χ0v) is 12.7. The van der Waals surface area contributed by atoms with E-state index >= 15 is 0 Å². The monoisotopic (exact) mass is 314 g/mol. The summed E-state index contributed by atoms with van der Waals surface area (Å²) in [6, 6.07) is 3.38. The number of hydrogen-bond acceptors (Lipinski definition) is 3. The summed E-state index contributed by atoms with van der Waals surface area (Å²) < 4.78 is 36.0. The van der Waals surface area contributed by atoms with E-state index in [1.54, 1.807) is 0 Å². The third kappa shape index (κ3) is 3.59. The van der Waals surface area contributed by atoms with Crippen molar-refractivity contribution in [2.75, 3.05) is 5.32 Å². The molecular weight excluding hydrogens is 295 g/mol. The maximum Gasteiger partial charge on any atom is 0.240 e. The van der Waals surface area contributed by atoms with Crippen molar-refractivity contribution in [1.29, 1.82) is 0 Å². The highest BCUT2D eigenvalue weighted by molar-refractivity contribution is 7.89. The Kier molecular flexibility index (Phi) is 4.34. The number of benzene rings is 1. The number of rotatable bonds is 3. The van der Waals surface area contributed by atoms with E-state index in [1.807, 2.05) is 6.92 Å². The molecule has 0 spiro atoms. The fourth-order valence-corrected chi connectivity index (χ4v) is 3.24. The number of halogens is 1. The molecule has 1 fully saturated rings. The van der Waals surface area contributed by atoms with Crippen LogP contribution in [0, 0.1) is 11.2 Å². The summed E-state index contributed by atoms with van der Waals surface area (Å²) in [5.74, 6) is -1.13. The Labute approximate surface area is 123 Å². The van der Waals surface area contributed by atoms with E-state index in [2.05, 4.69) is 5.32 Å². The standard InChI is InChI=1S/C14H19FN2O3S/c1-14(7-3-2-4-8-14)13(18)17-10-5-6-12(11(15)9-10)21(16,19)20/h5-6,9H,2-4,7-8H2,1H3,(H,17,18)(H2,16,19,20). The average molecular weight is 314 g/mol. The molecule has 3 N–H and O–H groups in total. The van der Waals surface area contributed by atoms with Crippen LogP contribution < -0.4 is 10.5 Å². The predicted octanol–water partition coefficient (Wildman–Crippen LogP) is 2.38. The van der Waals surface area contributed by atoms with Gasteiger partial charge in [0.2, 0.25) is 15.9 Å². The van der Waals surface area contributed by atoms with Gasteiger partial charge in [0, 0.05) is 11.1 Å². The quantitative estimate of drug-likeness (QED) is 0.897. The number of anilines is 1. The Bertz CT molecular complexity index is 652. The lowest BCUT2D eigenvalue weighted by atomic mass is 9.75. The molecule has 7 heteroatoms. The van der Waals surface area contributed by atoms with Crippen molar-refractivity contribution in [2.45, 2.75) is 43.9 Å². The average Bonchev–Trinajstić information content (AvgIpc) is 2.38. The number of carbonyl (C=O) groups is 1. The van der Waals surface area contributed by atoms with Gasteiger partial charge in [-0.2, -0.15) is 0 Å². The molecule has 1 aromatic rings. The van der Waals surface area contributed by atoms with Gasteiger partial charge in [0.1, 0.15) is 10.7 Å². The summed E-state index contributed by atoms with van der Waals surface area (Å²) in [7, 11) is -4.10. The molecule has 0 aromatic heterocycles. The minimum absolute atomic E-state index is 0.162. The molecule has 0 saturated heterocycles. The summed E-state index contributed by atoms with van der Waals surface area (Å²) in [6.45, 7) is 1.90. The van der Waals surface area contributed by atoms with Crippen molar-refractivity contribution in [2.24, 2.45) is 10.6 Å². The third-order valence-corrected chi connectivity index (χ3v) is 4.95. The maximum absolute atomic E-state index is 13.7. The van der Waals surface area contributed by atoms with E-state index in [0.717, 1.165) is 44.2 Å². The summed E-state index contributed by atoms with van der Waals surface area (Å²) in [5.41, 5.74) is -0.218. The molecular formula is C14H19FN2O3S. The molecule has 0 radical (unpaired) electrons. The topological polar surface area (TPSA) is 89.3 Å². The number of hydrogen-bond donors (Lipinski definition) is 2. The molecule has 0 unspecified atom stereocenters. The van der Waals surface area contributed by atoms with Crippen molar-refractivity contribution >= 4 is 21.6 Å². The van der Waals surface area contributed by atoms with Crippen LogP contribution in [0.5, 0.6) is 0 Å². The largest absolute Gasteiger partial charge is 0.326 e. The first-order chi connectivity index (χ1) is 9.72. The highest BCUT2D eigenvalue weighted by Crippen LogP contribution is 2.36. The summed E-state index contributed by atoms with van der Waals surface area (Å²) >= 11 is 0. The molecule has 1 aliphatic carbocycles. The van der Waals surface area contributed by atoms with E-state index < -0.39 is 26.2 Å². The molecule has 1 saturated carbocycles. The second-order valence-electron chi connectivity index (χ2n) is 5.77. The number of nitrogens with one attached hydrogen (secondary N) is 1. The van der Waals surface area contributed by atoms with Crippen molar-refractivity contribution in [3.05, 3.63) is 24.0 Å². The SMILES string of the molecule is CC1(C(=O)Nc2ccc(S(N)(=O)=O)c(F)c2)CCCCC1. The van der Waals surface area contributed by atoms with E-state index in [9.17, 15) is 17.6 Å². The van der Waals surface area contributed by atoms with Crippen molar-refractivity contribution in [1.82, 2.24) is 0 Å². The zero-order valence-electron chi connectivity index (χ0n) is 11.9. The number of primary sulfonamides is 1. The first-order valence-electron chi connectivity index (χ1n) is 6.86. The first kappa shape index (κ1) is 15.9. The smallest absolute Gasteiger partial charge is 0.240 e. The van der Waals surface area contributed by atoms with Gasteiger partial charge in [0.05, 0.1) is 0 Å². The van der Waals surface area contributed by atoms with Crippen LogP contribution in [-0.4, -0.2) is 14.3 Å². The van der Waals surface area contributed by atoms with E-state index in [4.69, 9.17) is 5.14 Å². The molecule has 21 heavy (non-hydrogen) atoms. The van der Waals surface area contributed by atoms with Crippen molar-refractivity contribution in [3.63, 3.8) is 0 Å². The van der Waals surface area contributed by atoms with Crippen LogP contribution in [0.4, 0.5) is 10.1 Å². The van der Waals surface area contributed by atoms with Gasteiger partial charge >= 0.3 is 0 Å². The van der Waals surface area contributed by atoms with Crippen molar-refractivity contribution < 1.29 is 17.6 Å². The molecule has 0 bridgehead atoms. The number of carbonyl (C=O) groups excluding carboxylic acids is 1. The van der Waals surface area contributed by atoms with Crippen LogP contribution in [0.2, 0.25) is 0 Å². The molecule has 2 rings (SSSR count). The van der Waals surface area contributed by atoms with Crippen LogP contribution in [0.1, 0.15) is 39.0 Å². The second kappa shape index (κ2) is 5.73. The van der Waals surface area contributed by atoms with Gasteiger partial charge in [-0.3, -0.25) is 4.79 Å². The molecule has 1 aliphatic rings. The number of nitrogens with two attached hydrogens (primary N) is 1. The molecule has 0 heterocycles. The normalized spacial score (nSPS) is 18.2.